The molecule has 1 nitrogen and oxygen atoms in total. The molecule has 0 N–H and O–H groups in total. The van der Waals surface area contributed by atoms with E-state index in [2.05, 4.69) is 111 Å². The highest BCUT2D eigenvalue weighted by Crippen LogP contribution is 2.43. The summed E-state index contributed by atoms with van der Waals surface area (Å²) in [4.78, 5) is 0. The monoisotopic (exact) mass is 475 g/mol. The Hall–Kier alpha value is -2.37. The van der Waals surface area contributed by atoms with Gasteiger partial charge in [-0.2, -0.15) is 0 Å². The van der Waals surface area contributed by atoms with Gasteiger partial charge in [0.05, 0.1) is 33.9 Å². The third-order valence-electron chi connectivity index (χ3n) is 5.32. The first-order valence-electron chi connectivity index (χ1n) is 8.91. The summed E-state index contributed by atoms with van der Waals surface area (Å²) in [5, 5.41) is 5.42. The van der Waals surface area contributed by atoms with Gasteiger partial charge in [0.15, 0.2) is 0 Å². The van der Waals surface area contributed by atoms with Crippen molar-refractivity contribution in [3.8, 4) is 11.1 Å². The molecule has 0 atom stereocenters. The normalized spacial score (nSPS) is 11.9. The quantitative estimate of drug-likeness (QED) is 0.212. The highest BCUT2D eigenvalue weighted by molar-refractivity contribution is 14.1. The molecule has 0 aliphatic rings. The van der Waals surface area contributed by atoms with E-state index >= 15 is 0 Å². The van der Waals surface area contributed by atoms with E-state index < -0.39 is 0 Å². The Morgan fingerprint density at radius 3 is 2.30 bits per heavy atom. The number of halogens is 1. The maximum atomic E-state index is 2.43. The lowest BCUT2D eigenvalue weighted by Gasteiger charge is -2.02. The molecule has 0 aliphatic heterocycles. The molecule has 6 rings (SSSR count). The minimum Gasteiger partial charge on any atom is -0.282 e. The fourth-order valence-electron chi connectivity index (χ4n) is 4.05. The van der Waals surface area contributed by atoms with E-state index in [0.29, 0.717) is 0 Å². The minimum absolute atomic E-state index is 1.26. The van der Waals surface area contributed by atoms with Crippen molar-refractivity contribution in [2.75, 3.05) is 0 Å². The van der Waals surface area contributed by atoms with E-state index in [9.17, 15) is 0 Å². The van der Waals surface area contributed by atoms with Gasteiger partial charge in [-0.15, -0.1) is 11.3 Å². The third kappa shape index (κ3) is 2.22. The number of thiophene rings is 1. The van der Waals surface area contributed by atoms with Crippen LogP contribution in [0.5, 0.6) is 0 Å². The van der Waals surface area contributed by atoms with E-state index in [1.807, 2.05) is 11.3 Å². The Morgan fingerprint density at radius 1 is 0.630 bits per heavy atom. The first-order valence-corrected chi connectivity index (χ1v) is 10.7. The molecule has 0 amide bonds. The average Bonchev–Trinajstić information content (AvgIpc) is 3.24. The summed E-state index contributed by atoms with van der Waals surface area (Å²) >= 11 is 4.33. The molecule has 0 spiro atoms. The summed E-state index contributed by atoms with van der Waals surface area (Å²) in [6.07, 6.45) is 0. The second kappa shape index (κ2) is 5.81. The minimum atomic E-state index is 1.26. The van der Waals surface area contributed by atoms with Crippen LogP contribution in [0.4, 0.5) is 0 Å². The summed E-state index contributed by atoms with van der Waals surface area (Å²) < 4.78 is 5.04. The van der Waals surface area contributed by atoms with Crippen LogP contribution >= 0.6 is 34.2 Å². The van der Waals surface area contributed by atoms with Crippen molar-refractivity contribution < 1.29 is 0 Å². The van der Waals surface area contributed by atoms with Gasteiger partial charge in [0, 0.05) is 30.9 Å². The van der Waals surface area contributed by atoms with Crippen LogP contribution < -0.4 is 0 Å². The van der Waals surface area contributed by atoms with Crippen molar-refractivity contribution in [2.45, 2.75) is 0 Å². The first kappa shape index (κ1) is 15.7. The van der Waals surface area contributed by atoms with Crippen molar-refractivity contribution in [1.82, 2.24) is 2.78 Å². The molecular weight excluding hydrogens is 461 g/mol. The molecule has 6 aromatic rings. The van der Waals surface area contributed by atoms with Gasteiger partial charge in [-0.05, 0) is 35.4 Å². The number of rotatable bonds is 1. The van der Waals surface area contributed by atoms with Gasteiger partial charge in [-0.1, -0.05) is 60.7 Å². The lowest BCUT2D eigenvalue weighted by atomic mass is 10.0. The molecule has 0 aliphatic carbocycles. The van der Waals surface area contributed by atoms with Crippen molar-refractivity contribution in [2.24, 2.45) is 0 Å². The number of nitrogens with zero attached hydrogens (tertiary/aromatic N) is 1. The highest BCUT2D eigenvalue weighted by Gasteiger charge is 2.16. The predicted octanol–water partition coefficient (Wildman–Crippen LogP) is 8.03. The van der Waals surface area contributed by atoms with Crippen LogP contribution in [0.3, 0.4) is 0 Å². The number of hydrogen-bond acceptors (Lipinski definition) is 1. The Labute approximate surface area is 174 Å². The van der Waals surface area contributed by atoms with Crippen LogP contribution in [0.25, 0.3) is 53.1 Å². The maximum absolute atomic E-state index is 2.43. The smallest absolute Gasteiger partial charge is 0.0646 e. The van der Waals surface area contributed by atoms with Gasteiger partial charge < -0.3 is 0 Å². The number of fused-ring (bicyclic) bond motifs is 7. The van der Waals surface area contributed by atoms with E-state index in [-0.39, 0.29) is 0 Å². The van der Waals surface area contributed by atoms with E-state index in [4.69, 9.17) is 0 Å². The van der Waals surface area contributed by atoms with Crippen LogP contribution in [0.1, 0.15) is 0 Å². The van der Waals surface area contributed by atoms with E-state index in [0.717, 1.165) is 0 Å². The van der Waals surface area contributed by atoms with Crippen molar-refractivity contribution in [3.63, 3.8) is 0 Å². The lowest BCUT2D eigenvalue weighted by molar-refractivity contribution is 1.50. The SMILES string of the molecule is In1c2ccc(-c3ccccc3)cc2c2c3sc4ccccc4c3ccc21. The third-order valence-corrected chi connectivity index (χ3v) is 7.56. The number of hydrogen-bond donors (Lipinski definition) is 0. The van der Waals surface area contributed by atoms with Crippen LogP contribution in [0.2, 0.25) is 0 Å². The molecule has 0 unspecified atom stereocenters. The zero-order valence-electron chi connectivity index (χ0n) is 14.3. The van der Waals surface area contributed by atoms with Gasteiger partial charge in [0.25, 0.3) is 0 Å². The van der Waals surface area contributed by atoms with Crippen LogP contribution in [0.15, 0.2) is 84.9 Å². The summed E-state index contributed by atoms with van der Waals surface area (Å²) in [5.74, 6) is 0. The molecule has 0 saturated heterocycles. The largest absolute Gasteiger partial charge is 0.282 e. The second-order valence-corrected chi connectivity index (χ2v) is 8.83. The van der Waals surface area contributed by atoms with E-state index in [1.54, 1.807) is 0 Å². The summed E-state index contributed by atoms with van der Waals surface area (Å²) in [7, 11) is 0. The summed E-state index contributed by atoms with van der Waals surface area (Å²) in [6, 6.07) is 30.7. The van der Waals surface area contributed by atoms with Crippen molar-refractivity contribution in [3.05, 3.63) is 84.9 Å². The fourth-order valence-corrected chi connectivity index (χ4v) is 6.13. The van der Waals surface area contributed by atoms with Gasteiger partial charge in [-0.3, -0.25) is 2.78 Å². The molecule has 0 fully saturated rings. The Bertz CT molecular complexity index is 1470. The lowest BCUT2D eigenvalue weighted by Crippen LogP contribution is -1.79. The molecule has 128 valence electrons. The molecule has 0 bridgehead atoms. The average molecular weight is 475 g/mol. The first-order chi connectivity index (χ1) is 13.3. The van der Waals surface area contributed by atoms with E-state index in [1.165, 1.54) is 53.1 Å². The zero-order chi connectivity index (χ0) is 18.0. The van der Waals surface area contributed by atoms with Crippen LogP contribution in [-0.4, -0.2) is 2.78 Å². The zero-order valence-corrected chi connectivity index (χ0v) is 17.3. The van der Waals surface area contributed by atoms with Gasteiger partial charge >= 0.3 is 0 Å². The van der Waals surface area contributed by atoms with Gasteiger partial charge in [0.1, 0.15) is 0 Å². The molecule has 4 aromatic carbocycles. The van der Waals surface area contributed by atoms with Crippen molar-refractivity contribution in [1.29, 1.82) is 0 Å². The Morgan fingerprint density at radius 2 is 1.41 bits per heavy atom. The van der Waals surface area contributed by atoms with Crippen LogP contribution in [0, 0.1) is 0 Å². The molecule has 3 heteroatoms. The molecule has 27 heavy (non-hydrogen) atoms. The predicted molar refractivity (Wildman–Crippen MR) is 127 cm³/mol. The number of benzene rings is 4. The molecule has 2 aromatic heterocycles. The summed E-state index contributed by atoms with van der Waals surface area (Å²) in [6.45, 7) is 0. The maximum Gasteiger partial charge on any atom is 0.0646 e. The van der Waals surface area contributed by atoms with Crippen molar-refractivity contribution >= 4 is 76.2 Å². The Kier molecular flexibility index (Phi) is 3.37. The van der Waals surface area contributed by atoms with Gasteiger partial charge in [-0.25, -0.2) is 0 Å². The standard InChI is InChI=1S/C24H14INS/c25-26-20-12-10-16(15-6-2-1-3-7-15)14-19(20)23-21(26)13-11-18-17-8-4-5-9-22(17)27-24(18)23/h1-14H. The fraction of sp³-hybridized carbons (Fsp3) is 0. The Balaban J connectivity index is 1.79. The molecule has 2 heterocycles. The molecule has 0 saturated carbocycles. The topological polar surface area (TPSA) is 4.93 Å². The second-order valence-electron chi connectivity index (χ2n) is 6.81. The van der Waals surface area contributed by atoms with Crippen LogP contribution in [-0.2, 0) is 0 Å². The number of aromatic nitrogens is 1. The van der Waals surface area contributed by atoms with Gasteiger partial charge in [0.2, 0.25) is 0 Å². The molecule has 0 radical (unpaired) electrons. The molecular formula is C24H14INS. The summed E-state index contributed by atoms with van der Waals surface area (Å²) in [5.41, 5.74) is 5.09. The highest BCUT2D eigenvalue weighted by atomic mass is 127.